The average molecular weight is 315 g/mol. The lowest BCUT2D eigenvalue weighted by atomic mass is 10.2. The molecule has 2 N–H and O–H groups in total. The van der Waals surface area contributed by atoms with E-state index >= 15 is 0 Å². The number of aromatic nitrogens is 1. The van der Waals surface area contributed by atoms with Crippen LogP contribution in [0.15, 0.2) is 53.1 Å². The number of anilines is 1. The highest BCUT2D eigenvalue weighted by atomic mass is 79.9. The fourth-order valence-electron chi connectivity index (χ4n) is 2.47. The Labute approximate surface area is 121 Å². The van der Waals surface area contributed by atoms with Crippen molar-refractivity contribution in [1.82, 2.24) is 4.57 Å². The zero-order valence-corrected chi connectivity index (χ0v) is 12.3. The summed E-state index contributed by atoms with van der Waals surface area (Å²) in [6.45, 7) is 2.92. The van der Waals surface area contributed by atoms with Crippen LogP contribution in [0, 0.1) is 6.92 Å². The van der Waals surface area contributed by atoms with Crippen molar-refractivity contribution in [3.63, 3.8) is 0 Å². The topological polar surface area (TPSA) is 30.9 Å². The van der Waals surface area contributed by atoms with Crippen LogP contribution >= 0.6 is 15.9 Å². The van der Waals surface area contributed by atoms with E-state index in [1.807, 2.05) is 18.2 Å². The normalized spacial score (nSPS) is 11.1. The van der Waals surface area contributed by atoms with Crippen LogP contribution in [0.4, 0.5) is 5.69 Å². The van der Waals surface area contributed by atoms with Crippen molar-refractivity contribution in [2.75, 3.05) is 5.73 Å². The predicted molar refractivity (Wildman–Crippen MR) is 84.3 cm³/mol. The predicted octanol–water partition coefficient (Wildman–Crippen LogP) is 4.34. The van der Waals surface area contributed by atoms with E-state index in [4.69, 9.17) is 5.73 Å². The smallest absolute Gasteiger partial charge is 0.0507 e. The number of hydrogen-bond acceptors (Lipinski definition) is 1. The molecule has 0 bridgehead atoms. The van der Waals surface area contributed by atoms with Crippen molar-refractivity contribution in [3.05, 3.63) is 64.3 Å². The Morgan fingerprint density at radius 1 is 1.11 bits per heavy atom. The van der Waals surface area contributed by atoms with Crippen LogP contribution in [0.5, 0.6) is 0 Å². The van der Waals surface area contributed by atoms with Gasteiger partial charge in [0.1, 0.15) is 0 Å². The first kappa shape index (κ1) is 12.3. The van der Waals surface area contributed by atoms with Crippen LogP contribution in [0.25, 0.3) is 10.9 Å². The first-order valence-electron chi connectivity index (χ1n) is 6.24. The molecular weight excluding hydrogens is 300 g/mol. The Bertz CT molecular complexity index is 723. The molecule has 1 heterocycles. The van der Waals surface area contributed by atoms with Crippen molar-refractivity contribution in [2.45, 2.75) is 13.5 Å². The number of nitrogens with two attached hydrogens (primary N) is 1. The van der Waals surface area contributed by atoms with Crippen LogP contribution in [-0.2, 0) is 6.54 Å². The Hall–Kier alpha value is -1.74. The van der Waals surface area contributed by atoms with E-state index in [9.17, 15) is 0 Å². The van der Waals surface area contributed by atoms with Crippen molar-refractivity contribution >= 4 is 32.5 Å². The number of halogens is 1. The Kier molecular flexibility index (Phi) is 3.07. The van der Waals surface area contributed by atoms with Crippen molar-refractivity contribution < 1.29 is 0 Å². The van der Waals surface area contributed by atoms with Gasteiger partial charge in [0.25, 0.3) is 0 Å². The highest BCUT2D eigenvalue weighted by molar-refractivity contribution is 9.10. The fraction of sp³-hybridized carbons (Fsp3) is 0.125. The van der Waals surface area contributed by atoms with E-state index in [2.05, 4.69) is 57.9 Å². The van der Waals surface area contributed by atoms with Crippen LogP contribution in [0.2, 0.25) is 0 Å². The van der Waals surface area contributed by atoms with Crippen LogP contribution in [-0.4, -0.2) is 4.57 Å². The number of nitrogens with zero attached hydrogens (tertiary/aromatic N) is 1. The number of para-hydroxylation sites is 1. The molecule has 0 aliphatic heterocycles. The molecule has 0 fully saturated rings. The van der Waals surface area contributed by atoms with Gasteiger partial charge in [0, 0.05) is 32.8 Å². The van der Waals surface area contributed by atoms with Gasteiger partial charge < -0.3 is 10.3 Å². The zero-order valence-electron chi connectivity index (χ0n) is 10.7. The molecule has 0 radical (unpaired) electrons. The van der Waals surface area contributed by atoms with Gasteiger partial charge in [-0.15, -0.1) is 0 Å². The summed E-state index contributed by atoms with van der Waals surface area (Å²) in [6, 6.07) is 14.4. The molecule has 3 aromatic rings. The van der Waals surface area contributed by atoms with Gasteiger partial charge in [-0.05, 0) is 30.7 Å². The van der Waals surface area contributed by atoms with E-state index in [0.29, 0.717) is 0 Å². The Balaban J connectivity index is 2.11. The Morgan fingerprint density at radius 3 is 2.68 bits per heavy atom. The third-order valence-electron chi connectivity index (χ3n) is 3.47. The zero-order chi connectivity index (χ0) is 13.4. The molecular formula is C16H15BrN2. The monoisotopic (exact) mass is 314 g/mol. The quantitative estimate of drug-likeness (QED) is 0.701. The molecule has 2 aromatic carbocycles. The molecule has 0 saturated carbocycles. The third kappa shape index (κ3) is 2.15. The van der Waals surface area contributed by atoms with Crippen molar-refractivity contribution in [1.29, 1.82) is 0 Å². The van der Waals surface area contributed by atoms with E-state index < -0.39 is 0 Å². The molecule has 0 amide bonds. The second-order valence-corrected chi connectivity index (χ2v) is 5.62. The number of rotatable bonds is 2. The molecule has 3 heteroatoms. The minimum Gasteiger partial charge on any atom is -0.398 e. The second kappa shape index (κ2) is 4.74. The van der Waals surface area contributed by atoms with E-state index in [1.54, 1.807) is 0 Å². The minimum atomic E-state index is 0.779. The second-order valence-electron chi connectivity index (χ2n) is 4.76. The molecule has 0 saturated heterocycles. The molecule has 0 aliphatic rings. The lowest BCUT2D eigenvalue weighted by Crippen LogP contribution is -2.02. The van der Waals surface area contributed by atoms with Gasteiger partial charge in [-0.3, -0.25) is 0 Å². The van der Waals surface area contributed by atoms with Gasteiger partial charge in [0.05, 0.1) is 6.54 Å². The largest absolute Gasteiger partial charge is 0.398 e. The summed E-state index contributed by atoms with van der Waals surface area (Å²) in [5.41, 5.74) is 10.6. The van der Waals surface area contributed by atoms with Gasteiger partial charge in [-0.25, -0.2) is 0 Å². The SMILES string of the molecule is Cc1cn(Cc2c(N)cccc2Br)c2ccccc12. The van der Waals surface area contributed by atoms with E-state index in [-0.39, 0.29) is 0 Å². The number of fused-ring (bicyclic) bond motifs is 1. The maximum absolute atomic E-state index is 6.08. The molecule has 2 nitrogen and oxygen atoms in total. The van der Waals surface area contributed by atoms with Crippen molar-refractivity contribution in [3.8, 4) is 0 Å². The molecule has 96 valence electrons. The lowest BCUT2D eigenvalue weighted by molar-refractivity contribution is 0.832. The van der Waals surface area contributed by atoms with Gasteiger partial charge in [0.15, 0.2) is 0 Å². The van der Waals surface area contributed by atoms with Gasteiger partial charge in [-0.2, -0.15) is 0 Å². The molecule has 0 atom stereocenters. The Morgan fingerprint density at radius 2 is 1.89 bits per heavy atom. The molecule has 19 heavy (non-hydrogen) atoms. The summed E-state index contributed by atoms with van der Waals surface area (Å²) < 4.78 is 3.31. The van der Waals surface area contributed by atoms with E-state index in [1.165, 1.54) is 16.5 Å². The number of hydrogen-bond donors (Lipinski definition) is 1. The van der Waals surface area contributed by atoms with E-state index in [0.717, 1.165) is 22.3 Å². The summed E-state index contributed by atoms with van der Waals surface area (Å²) in [5, 5.41) is 1.30. The molecule has 1 aromatic heterocycles. The number of benzene rings is 2. The summed E-state index contributed by atoms with van der Waals surface area (Å²) in [5.74, 6) is 0. The minimum absolute atomic E-state index is 0.779. The van der Waals surface area contributed by atoms with Gasteiger partial charge in [-0.1, -0.05) is 40.2 Å². The highest BCUT2D eigenvalue weighted by Crippen LogP contribution is 2.27. The van der Waals surface area contributed by atoms with Gasteiger partial charge >= 0.3 is 0 Å². The van der Waals surface area contributed by atoms with Crippen molar-refractivity contribution in [2.24, 2.45) is 0 Å². The molecule has 0 spiro atoms. The lowest BCUT2D eigenvalue weighted by Gasteiger charge is -2.10. The summed E-state index contributed by atoms with van der Waals surface area (Å²) in [7, 11) is 0. The molecule has 3 rings (SSSR count). The molecule has 0 unspecified atom stereocenters. The summed E-state index contributed by atoms with van der Waals surface area (Å²) in [6.07, 6.45) is 2.18. The summed E-state index contributed by atoms with van der Waals surface area (Å²) >= 11 is 3.58. The highest BCUT2D eigenvalue weighted by Gasteiger charge is 2.09. The fourth-order valence-corrected chi connectivity index (χ4v) is 2.98. The third-order valence-corrected chi connectivity index (χ3v) is 4.21. The first-order valence-corrected chi connectivity index (χ1v) is 7.03. The van der Waals surface area contributed by atoms with Crippen LogP contribution in [0.1, 0.15) is 11.1 Å². The van der Waals surface area contributed by atoms with Crippen LogP contribution < -0.4 is 5.73 Å². The number of nitrogen functional groups attached to an aromatic ring is 1. The average Bonchev–Trinajstić information content (AvgIpc) is 2.72. The molecule has 0 aliphatic carbocycles. The standard InChI is InChI=1S/C16H15BrN2/c1-11-9-19(16-8-3-2-5-12(11)16)10-13-14(17)6-4-7-15(13)18/h2-9H,10,18H2,1H3. The van der Waals surface area contributed by atoms with Crippen LogP contribution in [0.3, 0.4) is 0 Å². The first-order chi connectivity index (χ1) is 9.16. The maximum Gasteiger partial charge on any atom is 0.0507 e. The number of aryl methyl sites for hydroxylation is 1. The summed E-state index contributed by atoms with van der Waals surface area (Å²) in [4.78, 5) is 0. The van der Waals surface area contributed by atoms with Gasteiger partial charge in [0.2, 0.25) is 0 Å². The maximum atomic E-state index is 6.08.